The zero-order chi connectivity index (χ0) is 14.9. The van der Waals surface area contributed by atoms with Gasteiger partial charge >= 0.3 is 5.97 Å². The Morgan fingerprint density at radius 2 is 2.10 bits per heavy atom. The van der Waals surface area contributed by atoms with Crippen molar-refractivity contribution in [3.05, 3.63) is 0 Å². The Hall–Kier alpha value is -1.10. The molecule has 0 radical (unpaired) electrons. The second-order valence-electron chi connectivity index (χ2n) is 6.64. The van der Waals surface area contributed by atoms with Gasteiger partial charge in [0.1, 0.15) is 11.6 Å². The monoisotopic (exact) mass is 283 g/mol. The predicted molar refractivity (Wildman–Crippen MR) is 73.8 cm³/mol. The highest BCUT2D eigenvalue weighted by molar-refractivity contribution is 5.90. The first-order valence-electron chi connectivity index (χ1n) is 7.54. The van der Waals surface area contributed by atoms with Gasteiger partial charge in [-0.05, 0) is 30.6 Å². The number of aliphatic hydroxyl groups is 1. The molecule has 2 fully saturated rings. The van der Waals surface area contributed by atoms with Gasteiger partial charge in [0, 0.05) is 6.42 Å². The van der Waals surface area contributed by atoms with E-state index in [0.29, 0.717) is 25.4 Å². The number of hydrogen-bond donors (Lipinski definition) is 2. The first-order valence-corrected chi connectivity index (χ1v) is 7.54. The minimum absolute atomic E-state index is 0.0591. The molecule has 5 nitrogen and oxygen atoms in total. The highest BCUT2D eigenvalue weighted by Gasteiger charge is 2.49. The van der Waals surface area contributed by atoms with Gasteiger partial charge in [-0.2, -0.15) is 0 Å². The zero-order valence-electron chi connectivity index (χ0n) is 12.5. The van der Waals surface area contributed by atoms with E-state index in [1.165, 1.54) is 0 Å². The Balaban J connectivity index is 2.12. The van der Waals surface area contributed by atoms with Crippen LogP contribution in [0.2, 0.25) is 0 Å². The van der Waals surface area contributed by atoms with Crippen molar-refractivity contribution < 1.29 is 19.4 Å². The molecule has 0 bridgehead atoms. The smallest absolute Gasteiger partial charge is 0.328 e. The molecule has 2 rings (SSSR count). The van der Waals surface area contributed by atoms with Crippen LogP contribution in [0.1, 0.15) is 46.5 Å². The minimum atomic E-state index is -1.37. The molecule has 1 amide bonds. The van der Waals surface area contributed by atoms with E-state index in [9.17, 15) is 14.7 Å². The van der Waals surface area contributed by atoms with Crippen LogP contribution in [0.4, 0.5) is 0 Å². The molecule has 0 aromatic rings. The van der Waals surface area contributed by atoms with Crippen molar-refractivity contribution in [1.29, 1.82) is 0 Å². The Morgan fingerprint density at radius 1 is 1.40 bits per heavy atom. The molecule has 0 aromatic carbocycles. The second-order valence-corrected chi connectivity index (χ2v) is 6.64. The summed E-state index contributed by atoms with van der Waals surface area (Å²) in [5, 5.41) is 13.6. The Bertz CT molecular complexity index is 395. The van der Waals surface area contributed by atoms with E-state index in [1.807, 2.05) is 13.8 Å². The van der Waals surface area contributed by atoms with E-state index < -0.39 is 23.5 Å². The molecule has 114 valence electrons. The molecule has 1 aliphatic carbocycles. The number of carbonyl (C=O) groups is 2. The average Bonchev–Trinajstić information content (AvgIpc) is 2.74. The van der Waals surface area contributed by atoms with E-state index >= 15 is 0 Å². The summed E-state index contributed by atoms with van der Waals surface area (Å²) in [5.41, 5.74) is -1.37. The van der Waals surface area contributed by atoms with Crippen molar-refractivity contribution in [1.82, 2.24) is 5.32 Å². The van der Waals surface area contributed by atoms with Crippen molar-refractivity contribution in [3.63, 3.8) is 0 Å². The van der Waals surface area contributed by atoms with Crippen molar-refractivity contribution in [2.45, 2.75) is 58.1 Å². The van der Waals surface area contributed by atoms with Crippen LogP contribution < -0.4 is 5.32 Å². The van der Waals surface area contributed by atoms with E-state index in [1.54, 1.807) is 0 Å². The molecular weight excluding hydrogens is 258 g/mol. The first kappa shape index (κ1) is 15.3. The molecule has 1 unspecified atom stereocenters. The van der Waals surface area contributed by atoms with Gasteiger partial charge < -0.3 is 15.2 Å². The van der Waals surface area contributed by atoms with E-state index in [-0.39, 0.29) is 11.8 Å². The number of rotatable bonds is 3. The Labute approximate surface area is 120 Å². The number of hydrogen-bond acceptors (Lipinski definition) is 4. The molecule has 20 heavy (non-hydrogen) atoms. The van der Waals surface area contributed by atoms with Crippen molar-refractivity contribution >= 4 is 11.9 Å². The van der Waals surface area contributed by atoms with Gasteiger partial charge in [0.15, 0.2) is 0 Å². The summed E-state index contributed by atoms with van der Waals surface area (Å²) >= 11 is 0. The number of esters is 1. The third-order valence-electron chi connectivity index (χ3n) is 4.68. The normalized spacial score (nSPS) is 37.9. The number of carbonyl (C=O) groups excluding carboxylic acids is 2. The number of ether oxygens (including phenoxy) is 1. The van der Waals surface area contributed by atoms with Crippen molar-refractivity contribution in [2.75, 3.05) is 6.61 Å². The first-order chi connectivity index (χ1) is 9.34. The fraction of sp³-hybridized carbons (Fsp3) is 0.867. The topological polar surface area (TPSA) is 75.6 Å². The van der Waals surface area contributed by atoms with Crippen molar-refractivity contribution in [3.8, 4) is 0 Å². The molecule has 2 aliphatic rings. The van der Waals surface area contributed by atoms with Gasteiger partial charge in [-0.15, -0.1) is 0 Å². The van der Waals surface area contributed by atoms with Crippen LogP contribution in [0.3, 0.4) is 0 Å². The molecular formula is C15H25NO4. The number of cyclic esters (lactones) is 1. The van der Waals surface area contributed by atoms with Crippen LogP contribution in [0, 0.1) is 17.8 Å². The predicted octanol–water partition coefficient (Wildman–Crippen LogP) is 1.24. The molecule has 1 heterocycles. The summed E-state index contributed by atoms with van der Waals surface area (Å²) in [4.78, 5) is 24.0. The van der Waals surface area contributed by atoms with Crippen LogP contribution in [0.5, 0.6) is 0 Å². The molecule has 1 aliphatic heterocycles. The summed E-state index contributed by atoms with van der Waals surface area (Å²) in [7, 11) is 0. The summed E-state index contributed by atoms with van der Waals surface area (Å²) in [6.07, 6.45) is 2.83. The van der Waals surface area contributed by atoms with Crippen LogP contribution in [0.25, 0.3) is 0 Å². The molecule has 1 saturated heterocycles. The lowest BCUT2D eigenvalue weighted by molar-refractivity contribution is -0.158. The Morgan fingerprint density at radius 3 is 2.65 bits per heavy atom. The van der Waals surface area contributed by atoms with E-state index in [0.717, 1.165) is 12.8 Å². The fourth-order valence-electron chi connectivity index (χ4n) is 3.54. The lowest BCUT2D eigenvalue weighted by Gasteiger charge is -2.43. The molecule has 1 saturated carbocycles. The largest absolute Gasteiger partial charge is 0.464 e. The SMILES string of the molecule is CC(C)[C@@H]1CC[C@@H](C)C[C@@]1(O)C(=O)NC1CCOC1=O. The van der Waals surface area contributed by atoms with Gasteiger partial charge in [-0.3, -0.25) is 4.79 Å². The molecule has 4 atom stereocenters. The average molecular weight is 283 g/mol. The summed E-state index contributed by atoms with van der Waals surface area (Å²) in [5.74, 6) is -0.320. The van der Waals surface area contributed by atoms with Gasteiger partial charge in [-0.1, -0.05) is 27.2 Å². The van der Waals surface area contributed by atoms with Crippen LogP contribution in [-0.2, 0) is 14.3 Å². The molecule has 0 aromatic heterocycles. The quantitative estimate of drug-likeness (QED) is 0.764. The molecule has 0 spiro atoms. The number of amides is 1. The van der Waals surface area contributed by atoms with Gasteiger partial charge in [-0.25, -0.2) is 4.79 Å². The highest BCUT2D eigenvalue weighted by atomic mass is 16.5. The number of nitrogens with one attached hydrogen (secondary N) is 1. The lowest BCUT2D eigenvalue weighted by Crippen LogP contribution is -2.58. The highest BCUT2D eigenvalue weighted by Crippen LogP contribution is 2.41. The summed E-state index contributed by atoms with van der Waals surface area (Å²) in [6.45, 7) is 6.45. The maximum absolute atomic E-state index is 12.5. The summed E-state index contributed by atoms with van der Waals surface area (Å²) < 4.78 is 4.85. The standard InChI is InChI=1S/C15H25NO4/c1-9(2)11-5-4-10(3)8-15(11,19)14(18)16-12-6-7-20-13(12)17/h9-12,19H,4-8H2,1-3H3,(H,16,18)/t10-,11+,12?,15+/m1/s1. The van der Waals surface area contributed by atoms with Gasteiger partial charge in [0.25, 0.3) is 5.91 Å². The van der Waals surface area contributed by atoms with Crippen molar-refractivity contribution in [2.24, 2.45) is 17.8 Å². The Kier molecular flexibility index (Phi) is 4.37. The second kappa shape index (κ2) is 5.72. The maximum Gasteiger partial charge on any atom is 0.328 e. The van der Waals surface area contributed by atoms with Crippen LogP contribution >= 0.6 is 0 Å². The zero-order valence-corrected chi connectivity index (χ0v) is 12.5. The fourth-order valence-corrected chi connectivity index (χ4v) is 3.54. The lowest BCUT2D eigenvalue weighted by atomic mass is 9.66. The molecule has 5 heteroatoms. The minimum Gasteiger partial charge on any atom is -0.464 e. The van der Waals surface area contributed by atoms with E-state index in [4.69, 9.17) is 4.74 Å². The summed E-state index contributed by atoms with van der Waals surface area (Å²) in [6, 6.07) is -0.600. The van der Waals surface area contributed by atoms with Gasteiger partial charge in [0.05, 0.1) is 6.61 Å². The molecule has 2 N–H and O–H groups in total. The third kappa shape index (κ3) is 2.82. The third-order valence-corrected chi connectivity index (χ3v) is 4.68. The van der Waals surface area contributed by atoms with Crippen LogP contribution in [0.15, 0.2) is 0 Å². The van der Waals surface area contributed by atoms with E-state index in [2.05, 4.69) is 12.2 Å². The van der Waals surface area contributed by atoms with Gasteiger partial charge in [0.2, 0.25) is 0 Å². The maximum atomic E-state index is 12.5. The van der Waals surface area contributed by atoms with Crippen LogP contribution in [-0.4, -0.2) is 35.2 Å².